The van der Waals surface area contributed by atoms with Gasteiger partial charge in [0.15, 0.2) is 0 Å². The van der Waals surface area contributed by atoms with Crippen molar-refractivity contribution in [1.29, 1.82) is 0 Å². The Morgan fingerprint density at radius 1 is 1.60 bits per heavy atom. The van der Waals surface area contributed by atoms with E-state index in [-0.39, 0.29) is 11.5 Å². The number of hydrogen-bond donors (Lipinski definition) is 1. The highest BCUT2D eigenvalue weighted by Gasteiger charge is 2.26. The molecule has 0 saturated carbocycles. The molecule has 2 atom stereocenters. The van der Waals surface area contributed by atoms with E-state index in [1.807, 2.05) is 0 Å². The van der Waals surface area contributed by atoms with Crippen LogP contribution in [0.3, 0.4) is 0 Å². The standard InChI is InChI=1S/C9H9O5P/c1-6(15(12)13)9(11)14-8-4-2-3-7(10)5-8/h2-6,10H,1H3. The molecule has 0 amide bonds. The van der Waals surface area contributed by atoms with Gasteiger partial charge in [0.2, 0.25) is 5.66 Å². The minimum absolute atomic E-state index is 0.0561. The summed E-state index contributed by atoms with van der Waals surface area (Å²) in [5.41, 5.74) is -1.19. The van der Waals surface area contributed by atoms with Crippen molar-refractivity contribution in [3.05, 3.63) is 24.3 Å². The van der Waals surface area contributed by atoms with Crippen LogP contribution >= 0.6 is 8.03 Å². The van der Waals surface area contributed by atoms with Gasteiger partial charge in [-0.25, -0.2) is 4.79 Å². The zero-order valence-electron chi connectivity index (χ0n) is 7.91. The molecule has 0 radical (unpaired) electrons. The lowest BCUT2D eigenvalue weighted by atomic mass is 10.3. The number of aromatic hydroxyl groups is 1. The molecule has 6 heteroatoms. The lowest BCUT2D eigenvalue weighted by Gasteiger charge is -2.05. The van der Waals surface area contributed by atoms with Gasteiger partial charge >= 0.3 is 14.0 Å². The summed E-state index contributed by atoms with van der Waals surface area (Å²) in [4.78, 5) is 21.7. The molecule has 0 aliphatic carbocycles. The largest absolute Gasteiger partial charge is 0.595 e. The predicted octanol–water partition coefficient (Wildman–Crippen LogP) is 0.789. The van der Waals surface area contributed by atoms with Crippen LogP contribution in [-0.2, 0) is 9.36 Å². The van der Waals surface area contributed by atoms with E-state index in [0.717, 1.165) is 0 Å². The minimum Gasteiger partial charge on any atom is -0.595 e. The Kier molecular flexibility index (Phi) is 3.77. The van der Waals surface area contributed by atoms with E-state index >= 15 is 0 Å². The third-order valence-electron chi connectivity index (χ3n) is 1.69. The maximum absolute atomic E-state index is 11.2. The van der Waals surface area contributed by atoms with E-state index in [2.05, 4.69) is 0 Å². The number of phenolic OH excluding ortho intramolecular Hbond substituents is 1. The zero-order valence-corrected chi connectivity index (χ0v) is 8.81. The topological polar surface area (TPSA) is 86.7 Å². The molecule has 1 aromatic carbocycles. The molecule has 2 unspecified atom stereocenters. The third-order valence-corrected chi connectivity index (χ3v) is 2.54. The number of phenols is 1. The monoisotopic (exact) mass is 228 g/mol. The molecule has 1 aromatic rings. The number of carbonyl (C=O) groups is 1. The second kappa shape index (κ2) is 4.87. The van der Waals surface area contributed by atoms with Crippen molar-refractivity contribution in [3.63, 3.8) is 0 Å². The van der Waals surface area contributed by atoms with Crippen molar-refractivity contribution < 1.29 is 24.1 Å². The van der Waals surface area contributed by atoms with Crippen molar-refractivity contribution in [2.45, 2.75) is 12.6 Å². The number of rotatable bonds is 3. The first kappa shape index (κ1) is 11.6. The fraction of sp³-hybridized carbons (Fsp3) is 0.222. The number of esters is 1. The Morgan fingerprint density at radius 3 is 2.80 bits per heavy atom. The molecule has 5 nitrogen and oxygen atoms in total. The van der Waals surface area contributed by atoms with E-state index in [1.54, 1.807) is 0 Å². The Morgan fingerprint density at radius 2 is 2.27 bits per heavy atom. The van der Waals surface area contributed by atoms with Crippen LogP contribution < -0.4 is 9.63 Å². The van der Waals surface area contributed by atoms with Crippen LogP contribution in [0.1, 0.15) is 6.92 Å². The Labute approximate surface area is 87.2 Å². The number of benzene rings is 1. The summed E-state index contributed by atoms with van der Waals surface area (Å²) in [5, 5.41) is 9.06. The van der Waals surface area contributed by atoms with Gasteiger partial charge in [-0.15, -0.1) is 0 Å². The quantitative estimate of drug-likeness (QED) is 0.469. The van der Waals surface area contributed by atoms with Gasteiger partial charge in [-0.05, 0) is 19.1 Å². The SMILES string of the molecule is CC(C(=O)Oc1cccc(O)c1)[P+](=O)[O-]. The summed E-state index contributed by atoms with van der Waals surface area (Å²) in [6.07, 6.45) is 0. The van der Waals surface area contributed by atoms with Crippen LogP contribution in [0.2, 0.25) is 0 Å². The van der Waals surface area contributed by atoms with Crippen LogP contribution in [0.5, 0.6) is 11.5 Å². The fourth-order valence-corrected chi connectivity index (χ4v) is 1.06. The van der Waals surface area contributed by atoms with E-state index in [0.29, 0.717) is 0 Å². The number of ether oxygens (including phenoxy) is 1. The summed E-state index contributed by atoms with van der Waals surface area (Å²) in [6, 6.07) is 5.57. The minimum atomic E-state index is -2.84. The highest BCUT2D eigenvalue weighted by Crippen LogP contribution is 2.22. The fourth-order valence-electron chi connectivity index (χ4n) is 0.835. The first-order chi connectivity index (χ1) is 7.00. The van der Waals surface area contributed by atoms with Crippen LogP contribution in [-0.4, -0.2) is 16.7 Å². The van der Waals surface area contributed by atoms with Gasteiger partial charge in [0.25, 0.3) is 0 Å². The van der Waals surface area contributed by atoms with Crippen LogP contribution in [0.15, 0.2) is 24.3 Å². The van der Waals surface area contributed by atoms with Crippen molar-refractivity contribution >= 4 is 14.0 Å². The van der Waals surface area contributed by atoms with Crippen LogP contribution in [0.4, 0.5) is 0 Å². The van der Waals surface area contributed by atoms with Crippen molar-refractivity contribution in [3.8, 4) is 11.5 Å². The summed E-state index contributed by atoms with van der Waals surface area (Å²) < 4.78 is 15.2. The molecule has 0 aliphatic rings. The van der Waals surface area contributed by atoms with E-state index in [4.69, 9.17) is 9.84 Å². The molecule has 0 fully saturated rings. The molecule has 1 rings (SSSR count). The van der Waals surface area contributed by atoms with Gasteiger partial charge < -0.3 is 14.7 Å². The molecule has 15 heavy (non-hydrogen) atoms. The zero-order chi connectivity index (χ0) is 11.4. The van der Waals surface area contributed by atoms with Crippen molar-refractivity contribution in [2.75, 3.05) is 0 Å². The molecule has 80 valence electrons. The second-order valence-corrected chi connectivity index (χ2v) is 4.23. The first-order valence-electron chi connectivity index (χ1n) is 4.15. The van der Waals surface area contributed by atoms with E-state index < -0.39 is 19.7 Å². The molecular weight excluding hydrogens is 219 g/mol. The number of hydrogen-bond acceptors (Lipinski definition) is 5. The first-order valence-corrected chi connectivity index (χ1v) is 5.39. The van der Waals surface area contributed by atoms with E-state index in [9.17, 15) is 14.3 Å². The van der Waals surface area contributed by atoms with Crippen molar-refractivity contribution in [2.24, 2.45) is 0 Å². The average Bonchev–Trinajstić information content (AvgIpc) is 2.16. The summed E-state index contributed by atoms with van der Waals surface area (Å²) >= 11 is 0. The normalized spacial score (nSPS) is 13.1. The van der Waals surface area contributed by atoms with Crippen molar-refractivity contribution in [1.82, 2.24) is 0 Å². The van der Waals surface area contributed by atoms with E-state index in [1.165, 1.54) is 31.2 Å². The van der Waals surface area contributed by atoms with Crippen LogP contribution in [0.25, 0.3) is 0 Å². The van der Waals surface area contributed by atoms with Crippen LogP contribution in [0, 0.1) is 0 Å². The molecule has 0 aromatic heterocycles. The highest BCUT2D eigenvalue weighted by molar-refractivity contribution is 7.38. The summed E-state index contributed by atoms with van der Waals surface area (Å²) in [5.74, 6) is -0.806. The van der Waals surface area contributed by atoms with Gasteiger partial charge in [0, 0.05) is 6.07 Å². The van der Waals surface area contributed by atoms with Gasteiger partial charge in [-0.2, -0.15) is 0 Å². The Balaban J connectivity index is 2.70. The van der Waals surface area contributed by atoms with Gasteiger partial charge in [0.05, 0.1) is 0 Å². The summed E-state index contributed by atoms with van der Waals surface area (Å²) in [6.45, 7) is 1.23. The Hall–Kier alpha value is -1.45. The van der Waals surface area contributed by atoms with Gasteiger partial charge in [0.1, 0.15) is 11.5 Å². The summed E-state index contributed by atoms with van der Waals surface area (Å²) in [7, 11) is -2.84. The Bertz CT molecular complexity index is 390. The van der Waals surface area contributed by atoms with Gasteiger partial charge in [-0.3, -0.25) is 0 Å². The molecule has 0 bridgehead atoms. The highest BCUT2D eigenvalue weighted by atomic mass is 31.1. The smallest absolute Gasteiger partial charge is 0.363 e. The average molecular weight is 228 g/mol. The third kappa shape index (κ3) is 3.31. The maximum atomic E-state index is 11.2. The van der Waals surface area contributed by atoms with Gasteiger partial charge in [-0.1, -0.05) is 10.6 Å². The molecule has 0 spiro atoms. The molecule has 0 aliphatic heterocycles. The molecular formula is C9H9O5P. The second-order valence-electron chi connectivity index (χ2n) is 2.88. The number of carbonyl (C=O) groups excluding carboxylic acids is 1. The molecule has 0 saturated heterocycles. The molecule has 0 heterocycles. The lowest BCUT2D eigenvalue weighted by Crippen LogP contribution is -2.22. The molecule has 1 N–H and O–H groups in total. The lowest BCUT2D eigenvalue weighted by molar-refractivity contribution is -0.168. The maximum Gasteiger partial charge on any atom is 0.363 e. The predicted molar refractivity (Wildman–Crippen MR) is 50.8 cm³/mol.